The predicted molar refractivity (Wildman–Crippen MR) is 101 cm³/mol. The maximum Gasteiger partial charge on any atom is 0.281 e. The van der Waals surface area contributed by atoms with Gasteiger partial charge in [0.15, 0.2) is 11.5 Å². The fourth-order valence-electron chi connectivity index (χ4n) is 3.24. The average Bonchev–Trinajstić information content (AvgIpc) is 3.12. The number of imidazole rings is 1. The summed E-state index contributed by atoms with van der Waals surface area (Å²) in [5, 5.41) is 0.498. The second-order valence-corrected chi connectivity index (χ2v) is 7.57. The Labute approximate surface area is 159 Å². The van der Waals surface area contributed by atoms with Gasteiger partial charge in [-0.05, 0) is 26.0 Å². The summed E-state index contributed by atoms with van der Waals surface area (Å²) in [6, 6.07) is 1.88. The highest BCUT2D eigenvalue weighted by Gasteiger charge is 2.22. The molecule has 4 rings (SSSR count). The number of fused-ring (bicyclic) bond motifs is 1. The fourth-order valence-corrected chi connectivity index (χ4v) is 4.11. The van der Waals surface area contributed by atoms with Gasteiger partial charge in [0.25, 0.3) is 6.43 Å². The molecule has 4 heterocycles. The van der Waals surface area contributed by atoms with Gasteiger partial charge in [-0.25, -0.2) is 28.7 Å². The van der Waals surface area contributed by atoms with Crippen molar-refractivity contribution in [2.24, 2.45) is 0 Å². The van der Waals surface area contributed by atoms with E-state index in [0.717, 1.165) is 31.7 Å². The molecule has 1 fully saturated rings. The van der Waals surface area contributed by atoms with Crippen LogP contribution in [0.2, 0.25) is 0 Å². The topological polar surface area (TPSA) is 71.2 Å². The fraction of sp³-hybridized carbons (Fsp3) is 0.412. The molecule has 7 nitrogen and oxygen atoms in total. The van der Waals surface area contributed by atoms with Crippen LogP contribution in [-0.4, -0.2) is 49.7 Å². The van der Waals surface area contributed by atoms with Crippen LogP contribution in [-0.2, 0) is 0 Å². The third-order valence-corrected chi connectivity index (χ3v) is 5.45. The van der Waals surface area contributed by atoms with Gasteiger partial charge in [-0.2, -0.15) is 0 Å². The van der Waals surface area contributed by atoms with Gasteiger partial charge in [0.1, 0.15) is 17.2 Å². The highest BCUT2D eigenvalue weighted by atomic mass is 32.2. The summed E-state index contributed by atoms with van der Waals surface area (Å²) >= 11 is 1.73. The quantitative estimate of drug-likeness (QED) is 0.671. The van der Waals surface area contributed by atoms with E-state index in [1.54, 1.807) is 28.7 Å². The molecule has 0 radical (unpaired) electrons. The number of nitrogens with zero attached hydrogens (tertiary/aromatic N) is 6. The Balaban J connectivity index is 1.66. The molecule has 1 unspecified atom stereocenters. The molecule has 1 N–H and O–H groups in total. The number of alkyl halides is 2. The first-order valence-electron chi connectivity index (χ1n) is 8.67. The minimum atomic E-state index is -2.65. The Morgan fingerprint density at radius 1 is 1.26 bits per heavy atom. The van der Waals surface area contributed by atoms with Crippen molar-refractivity contribution in [1.82, 2.24) is 29.1 Å². The molecule has 0 spiro atoms. The first-order chi connectivity index (χ1) is 13.2. The van der Waals surface area contributed by atoms with E-state index in [0.29, 0.717) is 22.4 Å². The molecule has 1 aliphatic heterocycles. The van der Waals surface area contributed by atoms with Gasteiger partial charge in [0.05, 0.1) is 12.4 Å². The number of nitrogens with one attached hydrogen (secondary N) is 1. The normalized spacial score (nSPS) is 17.8. The van der Waals surface area contributed by atoms with Crippen LogP contribution in [0, 0.1) is 0 Å². The first kappa shape index (κ1) is 18.1. The summed E-state index contributed by atoms with van der Waals surface area (Å²) in [7, 11) is 1.93. The second kappa shape index (κ2) is 7.73. The molecule has 1 saturated heterocycles. The molecule has 1 atom stereocenters. The molecule has 3 aromatic rings. The number of piperidine rings is 1. The van der Waals surface area contributed by atoms with Crippen molar-refractivity contribution in [3.63, 3.8) is 0 Å². The Morgan fingerprint density at radius 2 is 2.15 bits per heavy atom. The zero-order valence-electron chi connectivity index (χ0n) is 14.7. The third-order valence-electron chi connectivity index (χ3n) is 4.50. The lowest BCUT2D eigenvalue weighted by Crippen LogP contribution is -2.38. The molecule has 10 heteroatoms. The molecule has 142 valence electrons. The minimum absolute atomic E-state index is 0.305. The van der Waals surface area contributed by atoms with Crippen molar-refractivity contribution in [2.45, 2.75) is 24.5 Å². The maximum atomic E-state index is 13.0. The van der Waals surface area contributed by atoms with Gasteiger partial charge >= 0.3 is 0 Å². The van der Waals surface area contributed by atoms with Crippen LogP contribution in [0.5, 0.6) is 0 Å². The largest absolute Gasteiger partial charge is 0.355 e. The molecule has 0 aliphatic carbocycles. The summed E-state index contributed by atoms with van der Waals surface area (Å²) in [5.41, 5.74) is 0.738. The average molecular weight is 391 g/mol. The number of hydrogen-bond donors (Lipinski definition) is 1. The van der Waals surface area contributed by atoms with E-state index < -0.39 is 6.43 Å². The summed E-state index contributed by atoms with van der Waals surface area (Å²) in [6.07, 6.45) is 5.51. The molecule has 27 heavy (non-hydrogen) atoms. The SMILES string of the molecule is CNSC1CCCN(c2ccnc(-c3cnc4cnc(C(F)F)cn34)n2)C1. The van der Waals surface area contributed by atoms with Gasteiger partial charge in [0, 0.05) is 30.7 Å². The van der Waals surface area contributed by atoms with E-state index in [-0.39, 0.29) is 5.69 Å². The Hall–Kier alpha value is -2.33. The zero-order chi connectivity index (χ0) is 18.8. The van der Waals surface area contributed by atoms with Crippen LogP contribution in [0.4, 0.5) is 14.6 Å². The molecular formula is C17H19F2N7S. The van der Waals surface area contributed by atoms with E-state index >= 15 is 0 Å². The van der Waals surface area contributed by atoms with Crippen molar-refractivity contribution < 1.29 is 8.78 Å². The van der Waals surface area contributed by atoms with Crippen molar-refractivity contribution in [3.05, 3.63) is 36.5 Å². The lowest BCUT2D eigenvalue weighted by molar-refractivity contribution is 0.145. The van der Waals surface area contributed by atoms with Crippen molar-refractivity contribution in [3.8, 4) is 11.5 Å². The van der Waals surface area contributed by atoms with Crippen LogP contribution in [0.15, 0.2) is 30.9 Å². The standard InChI is InChI=1S/C17H19F2N7S/c1-20-27-11-3-2-6-25(9-11)14-4-5-21-17(24-14)13-7-23-15-8-22-12(16(18)19)10-26(13)15/h4-5,7-8,10-11,16,20H,2-3,6,9H2,1H3. The first-order valence-corrected chi connectivity index (χ1v) is 9.55. The molecule has 0 amide bonds. The van der Waals surface area contributed by atoms with Crippen LogP contribution < -0.4 is 9.62 Å². The molecular weight excluding hydrogens is 372 g/mol. The minimum Gasteiger partial charge on any atom is -0.355 e. The van der Waals surface area contributed by atoms with Crippen molar-refractivity contribution in [2.75, 3.05) is 25.0 Å². The van der Waals surface area contributed by atoms with Gasteiger partial charge < -0.3 is 4.90 Å². The highest BCUT2D eigenvalue weighted by Crippen LogP contribution is 2.26. The Bertz CT molecular complexity index is 931. The van der Waals surface area contributed by atoms with Gasteiger partial charge in [0.2, 0.25) is 0 Å². The van der Waals surface area contributed by atoms with Crippen LogP contribution >= 0.6 is 11.9 Å². The Morgan fingerprint density at radius 3 is 2.96 bits per heavy atom. The number of halogens is 2. The maximum absolute atomic E-state index is 13.0. The van der Waals surface area contributed by atoms with Gasteiger partial charge in [-0.1, -0.05) is 11.9 Å². The zero-order valence-corrected chi connectivity index (χ0v) is 15.5. The highest BCUT2D eigenvalue weighted by molar-refractivity contribution is 7.98. The summed E-state index contributed by atoms with van der Waals surface area (Å²) < 4.78 is 30.7. The summed E-state index contributed by atoms with van der Waals surface area (Å²) in [5.74, 6) is 1.29. The number of anilines is 1. The van der Waals surface area contributed by atoms with Crippen LogP contribution in [0.25, 0.3) is 17.2 Å². The lowest BCUT2D eigenvalue weighted by Gasteiger charge is -2.33. The molecule has 3 aromatic heterocycles. The third kappa shape index (κ3) is 3.72. The van der Waals surface area contributed by atoms with Crippen molar-refractivity contribution >= 4 is 23.4 Å². The molecule has 0 saturated carbocycles. The second-order valence-electron chi connectivity index (χ2n) is 6.26. The van der Waals surface area contributed by atoms with E-state index in [2.05, 4.69) is 29.6 Å². The number of aromatic nitrogens is 5. The van der Waals surface area contributed by atoms with Gasteiger partial charge in [-0.3, -0.25) is 9.12 Å². The van der Waals surface area contributed by atoms with E-state index in [4.69, 9.17) is 0 Å². The molecule has 1 aliphatic rings. The molecule has 0 aromatic carbocycles. The lowest BCUT2D eigenvalue weighted by atomic mass is 10.1. The monoisotopic (exact) mass is 391 g/mol. The van der Waals surface area contributed by atoms with Crippen LogP contribution in [0.1, 0.15) is 25.0 Å². The molecule has 0 bridgehead atoms. The number of rotatable bonds is 5. The predicted octanol–water partition coefficient (Wildman–Crippen LogP) is 2.96. The van der Waals surface area contributed by atoms with Crippen molar-refractivity contribution in [1.29, 1.82) is 0 Å². The summed E-state index contributed by atoms with van der Waals surface area (Å²) in [4.78, 5) is 19.2. The smallest absolute Gasteiger partial charge is 0.281 e. The van der Waals surface area contributed by atoms with E-state index in [9.17, 15) is 8.78 Å². The number of hydrogen-bond acceptors (Lipinski definition) is 7. The van der Waals surface area contributed by atoms with Crippen LogP contribution in [0.3, 0.4) is 0 Å². The van der Waals surface area contributed by atoms with E-state index in [1.165, 1.54) is 12.4 Å². The Kier molecular flexibility index (Phi) is 5.17. The van der Waals surface area contributed by atoms with E-state index in [1.807, 2.05) is 13.1 Å². The summed E-state index contributed by atoms with van der Waals surface area (Å²) in [6.45, 7) is 1.83. The van der Waals surface area contributed by atoms with Gasteiger partial charge in [-0.15, -0.1) is 0 Å².